The summed E-state index contributed by atoms with van der Waals surface area (Å²) in [6.07, 6.45) is 1.47. The Morgan fingerprint density at radius 1 is 1.07 bits per heavy atom. The largest absolute Gasteiger partial charge is 0.477 e. The monoisotopic (exact) mass is 404 g/mol. The van der Waals surface area contributed by atoms with Crippen molar-refractivity contribution >= 4 is 40.6 Å². The van der Waals surface area contributed by atoms with Crippen molar-refractivity contribution in [3.05, 3.63) is 76.9 Å². The number of H-pyrrole nitrogens is 1. The molecule has 29 heavy (non-hydrogen) atoms. The quantitative estimate of drug-likeness (QED) is 0.259. The predicted molar refractivity (Wildman–Crippen MR) is 112 cm³/mol. The molecule has 0 bridgehead atoms. The van der Waals surface area contributed by atoms with Crippen LogP contribution in [-0.2, 0) is 4.79 Å². The highest BCUT2D eigenvalue weighted by atomic mass is 32.2. The maximum atomic E-state index is 11.7. The number of furan rings is 1. The number of para-hydroxylation sites is 2. The molecule has 0 saturated heterocycles. The number of nitrogens with zero attached hydrogens (tertiary/aromatic N) is 1. The summed E-state index contributed by atoms with van der Waals surface area (Å²) in [5, 5.41) is 10.1. The second kappa shape index (κ2) is 7.81. The van der Waals surface area contributed by atoms with Crippen LogP contribution in [0.15, 0.2) is 75.1 Å². The van der Waals surface area contributed by atoms with Crippen molar-refractivity contribution < 1.29 is 19.1 Å². The fraction of sp³-hybridized carbons (Fsp3) is 0.0455. The van der Waals surface area contributed by atoms with Crippen molar-refractivity contribution in [1.82, 2.24) is 9.97 Å². The lowest BCUT2D eigenvalue weighted by Gasteiger charge is -2.00. The zero-order valence-corrected chi connectivity index (χ0v) is 16.2. The Hall–Kier alpha value is -3.58. The fourth-order valence-electron chi connectivity index (χ4n) is 2.80. The van der Waals surface area contributed by atoms with Crippen molar-refractivity contribution in [1.29, 1.82) is 0 Å². The van der Waals surface area contributed by atoms with Crippen LogP contribution in [0.4, 0.5) is 0 Å². The number of benzene rings is 2. The number of hydrogen-bond acceptors (Lipinski definition) is 5. The number of imidazole rings is 1. The predicted octanol–water partition coefficient (Wildman–Crippen LogP) is 5.24. The lowest BCUT2D eigenvalue weighted by molar-refractivity contribution is -0.131. The standard InChI is InChI=1S/C22H16N2O4S/c1-13(25)14-6-8-15(9-7-14)19-11-10-16(28-19)12-20(21(26)27)29-22-23-17-4-2-3-5-18(17)24-22/h2-12H,1H3,(H,23,24)(H,26,27)/b20-12-. The molecule has 0 saturated carbocycles. The highest BCUT2D eigenvalue weighted by molar-refractivity contribution is 8.04. The fourth-order valence-corrected chi connectivity index (χ4v) is 3.58. The van der Waals surface area contributed by atoms with Crippen molar-refractivity contribution in [2.24, 2.45) is 0 Å². The van der Waals surface area contributed by atoms with Crippen molar-refractivity contribution in [2.45, 2.75) is 12.1 Å². The summed E-state index contributed by atoms with van der Waals surface area (Å²) in [7, 11) is 0. The maximum Gasteiger partial charge on any atom is 0.342 e. The van der Waals surface area contributed by atoms with E-state index in [4.69, 9.17) is 4.42 Å². The second-order valence-corrected chi connectivity index (χ2v) is 7.34. The van der Waals surface area contributed by atoms with E-state index >= 15 is 0 Å². The summed E-state index contributed by atoms with van der Waals surface area (Å²) in [5.74, 6) is -0.0750. The third-order valence-electron chi connectivity index (χ3n) is 4.26. The first-order valence-electron chi connectivity index (χ1n) is 8.78. The summed E-state index contributed by atoms with van der Waals surface area (Å²) < 4.78 is 5.78. The zero-order chi connectivity index (χ0) is 20.4. The van der Waals surface area contributed by atoms with E-state index in [0.29, 0.717) is 22.2 Å². The molecule has 0 aliphatic rings. The van der Waals surface area contributed by atoms with E-state index in [2.05, 4.69) is 9.97 Å². The molecule has 0 atom stereocenters. The number of ketones is 1. The van der Waals surface area contributed by atoms with Crippen LogP contribution < -0.4 is 0 Å². The molecule has 0 unspecified atom stereocenters. The number of nitrogens with one attached hydrogen (secondary N) is 1. The van der Waals surface area contributed by atoms with Gasteiger partial charge < -0.3 is 14.5 Å². The molecule has 0 aliphatic heterocycles. The zero-order valence-electron chi connectivity index (χ0n) is 15.4. The number of aromatic nitrogens is 2. The molecule has 0 fully saturated rings. The first kappa shape index (κ1) is 18.8. The van der Waals surface area contributed by atoms with Gasteiger partial charge in [0.15, 0.2) is 10.9 Å². The number of rotatable bonds is 6. The Morgan fingerprint density at radius 3 is 2.52 bits per heavy atom. The minimum Gasteiger partial charge on any atom is -0.477 e. The number of carbonyl (C=O) groups is 2. The molecule has 144 valence electrons. The highest BCUT2D eigenvalue weighted by Crippen LogP contribution is 2.30. The maximum absolute atomic E-state index is 11.7. The molecule has 2 aromatic carbocycles. The molecule has 4 aromatic rings. The lowest BCUT2D eigenvalue weighted by atomic mass is 10.1. The first-order valence-corrected chi connectivity index (χ1v) is 9.60. The van der Waals surface area contributed by atoms with Gasteiger partial charge in [-0.15, -0.1) is 0 Å². The molecule has 0 spiro atoms. The summed E-state index contributed by atoms with van der Waals surface area (Å²) in [6.45, 7) is 1.51. The van der Waals surface area contributed by atoms with Crippen LogP contribution in [0.3, 0.4) is 0 Å². The van der Waals surface area contributed by atoms with Gasteiger partial charge in [0.2, 0.25) is 0 Å². The summed E-state index contributed by atoms with van der Waals surface area (Å²) in [6, 6.07) is 18.0. The topological polar surface area (TPSA) is 96.2 Å². The van der Waals surface area contributed by atoms with Crippen LogP contribution in [0, 0.1) is 0 Å². The van der Waals surface area contributed by atoms with E-state index in [9.17, 15) is 14.7 Å². The number of aromatic amines is 1. The Bertz CT molecular complexity index is 1200. The number of carbonyl (C=O) groups excluding carboxylic acids is 1. The molecular weight excluding hydrogens is 388 g/mol. The van der Waals surface area contributed by atoms with Gasteiger partial charge in [-0.1, -0.05) is 36.4 Å². The van der Waals surface area contributed by atoms with E-state index in [1.54, 1.807) is 36.4 Å². The second-order valence-electron chi connectivity index (χ2n) is 6.31. The highest BCUT2D eigenvalue weighted by Gasteiger charge is 2.14. The van der Waals surface area contributed by atoms with Gasteiger partial charge in [-0.3, -0.25) is 4.79 Å². The third-order valence-corrected chi connectivity index (χ3v) is 5.16. The first-order chi connectivity index (χ1) is 14.0. The minimum atomic E-state index is -1.07. The molecule has 6 nitrogen and oxygen atoms in total. The van der Waals surface area contributed by atoms with Gasteiger partial charge in [-0.2, -0.15) is 0 Å². The average molecular weight is 404 g/mol. The molecule has 0 aliphatic carbocycles. The molecule has 2 N–H and O–H groups in total. The summed E-state index contributed by atoms with van der Waals surface area (Å²) in [4.78, 5) is 30.7. The van der Waals surface area contributed by atoms with Crippen molar-refractivity contribution in [3.63, 3.8) is 0 Å². The Kier molecular flexibility index (Phi) is 5.05. The van der Waals surface area contributed by atoms with Crippen molar-refractivity contribution in [2.75, 3.05) is 0 Å². The van der Waals surface area contributed by atoms with Crippen molar-refractivity contribution in [3.8, 4) is 11.3 Å². The minimum absolute atomic E-state index is 0.00618. The van der Waals surface area contributed by atoms with Gasteiger partial charge in [-0.05, 0) is 43.0 Å². The molecule has 7 heteroatoms. The van der Waals surface area contributed by atoms with Gasteiger partial charge >= 0.3 is 5.97 Å². The van der Waals surface area contributed by atoms with Gasteiger partial charge in [0.05, 0.1) is 11.0 Å². The number of thioether (sulfide) groups is 1. The van der Waals surface area contributed by atoms with E-state index < -0.39 is 5.97 Å². The Labute approximate surface area is 170 Å². The molecule has 4 rings (SSSR count). The normalized spacial score (nSPS) is 11.7. The number of Topliss-reactive ketones (excluding diaryl/α,β-unsaturated/α-hetero) is 1. The third kappa shape index (κ3) is 4.14. The van der Waals surface area contributed by atoms with Crippen LogP contribution in [0.25, 0.3) is 28.4 Å². The smallest absolute Gasteiger partial charge is 0.342 e. The van der Waals surface area contributed by atoms with Crippen LogP contribution in [0.5, 0.6) is 0 Å². The SMILES string of the molecule is CC(=O)c1ccc(-c2ccc(/C=C(\Sc3nc4ccccc4[nH]3)C(=O)O)o2)cc1. The van der Waals surface area contributed by atoms with Gasteiger partial charge in [-0.25, -0.2) is 9.78 Å². The summed E-state index contributed by atoms with van der Waals surface area (Å²) in [5.41, 5.74) is 3.04. The van der Waals surface area contributed by atoms with Crippen LogP contribution >= 0.6 is 11.8 Å². The van der Waals surface area contributed by atoms with Crippen LogP contribution in [0.1, 0.15) is 23.0 Å². The molecule has 0 radical (unpaired) electrons. The molecule has 2 heterocycles. The van der Waals surface area contributed by atoms with E-state index in [0.717, 1.165) is 28.4 Å². The number of carboxylic acid groups (broad SMARTS) is 1. The Balaban J connectivity index is 1.59. The van der Waals surface area contributed by atoms with Crippen LogP contribution in [0.2, 0.25) is 0 Å². The van der Waals surface area contributed by atoms with Gasteiger partial charge in [0.25, 0.3) is 0 Å². The molecular formula is C22H16N2O4S. The van der Waals surface area contributed by atoms with E-state index in [-0.39, 0.29) is 10.7 Å². The average Bonchev–Trinajstić information content (AvgIpc) is 3.34. The molecule has 0 amide bonds. The number of aliphatic carboxylic acids is 1. The number of fused-ring (bicyclic) bond motifs is 1. The van der Waals surface area contributed by atoms with E-state index in [1.165, 1.54) is 13.0 Å². The number of hydrogen-bond donors (Lipinski definition) is 2. The number of carboxylic acids is 1. The Morgan fingerprint density at radius 2 is 1.83 bits per heavy atom. The summed E-state index contributed by atoms with van der Waals surface area (Å²) >= 11 is 1.03. The van der Waals surface area contributed by atoms with Gasteiger partial charge in [0, 0.05) is 17.2 Å². The van der Waals surface area contributed by atoms with E-state index in [1.807, 2.05) is 24.3 Å². The lowest BCUT2D eigenvalue weighted by Crippen LogP contribution is -1.96. The molecule has 2 aromatic heterocycles. The van der Waals surface area contributed by atoms with Crippen LogP contribution in [-0.4, -0.2) is 26.8 Å². The van der Waals surface area contributed by atoms with Gasteiger partial charge in [0.1, 0.15) is 16.4 Å².